The molecule has 0 aliphatic carbocycles. The van der Waals surface area contributed by atoms with Crippen LogP contribution in [0.1, 0.15) is 31.7 Å². The van der Waals surface area contributed by atoms with E-state index in [1.807, 2.05) is 6.92 Å². The molecule has 1 aromatic rings. The highest BCUT2D eigenvalue weighted by Gasteiger charge is 2.30. The predicted molar refractivity (Wildman–Crippen MR) is 72.2 cm³/mol. The van der Waals surface area contributed by atoms with E-state index >= 15 is 0 Å². The summed E-state index contributed by atoms with van der Waals surface area (Å²) < 4.78 is 28.4. The third kappa shape index (κ3) is 2.87. The van der Waals surface area contributed by atoms with E-state index in [1.54, 1.807) is 0 Å². The SMILES string of the molecule is CC1CCCCN1S(=O)(=O)Nc1[nH]ncc1C(=N)N. The number of hydrogen-bond acceptors (Lipinski definition) is 4. The quantitative estimate of drug-likeness (QED) is 0.466. The first-order chi connectivity index (χ1) is 8.92. The first-order valence-electron chi connectivity index (χ1n) is 6.09. The van der Waals surface area contributed by atoms with Gasteiger partial charge in [0.05, 0.1) is 11.8 Å². The number of aromatic amines is 1. The zero-order chi connectivity index (χ0) is 14.0. The molecule has 19 heavy (non-hydrogen) atoms. The average Bonchev–Trinajstić information content (AvgIpc) is 2.76. The highest BCUT2D eigenvalue weighted by atomic mass is 32.2. The fourth-order valence-electron chi connectivity index (χ4n) is 2.18. The van der Waals surface area contributed by atoms with Crippen molar-refractivity contribution in [2.24, 2.45) is 5.73 Å². The number of piperidine rings is 1. The highest BCUT2D eigenvalue weighted by Crippen LogP contribution is 2.22. The molecule has 1 fully saturated rings. The van der Waals surface area contributed by atoms with Gasteiger partial charge in [-0.15, -0.1) is 0 Å². The second kappa shape index (κ2) is 5.17. The Hall–Kier alpha value is -1.61. The van der Waals surface area contributed by atoms with Crippen LogP contribution in [0, 0.1) is 5.41 Å². The molecule has 9 heteroatoms. The summed E-state index contributed by atoms with van der Waals surface area (Å²) in [6.45, 7) is 2.39. The maximum Gasteiger partial charge on any atom is 0.303 e. The third-order valence-electron chi connectivity index (χ3n) is 3.21. The van der Waals surface area contributed by atoms with Crippen molar-refractivity contribution >= 4 is 21.9 Å². The van der Waals surface area contributed by atoms with Crippen LogP contribution in [0.15, 0.2) is 6.20 Å². The molecule has 8 nitrogen and oxygen atoms in total. The van der Waals surface area contributed by atoms with E-state index < -0.39 is 10.2 Å². The summed E-state index contributed by atoms with van der Waals surface area (Å²) in [5.74, 6) is -0.108. The molecule has 0 aromatic carbocycles. The fourth-order valence-corrected chi connectivity index (χ4v) is 3.66. The van der Waals surface area contributed by atoms with Gasteiger partial charge in [0.2, 0.25) is 0 Å². The topological polar surface area (TPSA) is 128 Å². The summed E-state index contributed by atoms with van der Waals surface area (Å²) in [7, 11) is -3.65. The van der Waals surface area contributed by atoms with E-state index in [0.29, 0.717) is 6.54 Å². The fraction of sp³-hybridized carbons (Fsp3) is 0.600. The zero-order valence-electron chi connectivity index (χ0n) is 10.7. The number of H-pyrrole nitrogens is 1. The number of nitrogens with two attached hydrogens (primary N) is 1. The Morgan fingerprint density at radius 2 is 2.37 bits per heavy atom. The van der Waals surface area contributed by atoms with E-state index in [-0.39, 0.29) is 23.3 Å². The molecule has 0 radical (unpaired) electrons. The van der Waals surface area contributed by atoms with E-state index in [4.69, 9.17) is 11.1 Å². The van der Waals surface area contributed by atoms with Gasteiger partial charge in [-0.3, -0.25) is 15.2 Å². The van der Waals surface area contributed by atoms with Crippen molar-refractivity contribution in [2.45, 2.75) is 32.2 Å². The van der Waals surface area contributed by atoms with Crippen LogP contribution in [0.2, 0.25) is 0 Å². The molecule has 106 valence electrons. The van der Waals surface area contributed by atoms with Crippen LogP contribution >= 0.6 is 0 Å². The Bertz CT molecular complexity index is 566. The summed E-state index contributed by atoms with van der Waals surface area (Å²) >= 11 is 0. The van der Waals surface area contributed by atoms with Crippen molar-refractivity contribution in [1.82, 2.24) is 14.5 Å². The Balaban J connectivity index is 2.21. The van der Waals surface area contributed by atoms with Gasteiger partial charge in [-0.2, -0.15) is 17.8 Å². The smallest absolute Gasteiger partial charge is 0.303 e. The molecule has 0 spiro atoms. The molecule has 1 unspecified atom stereocenters. The van der Waals surface area contributed by atoms with Gasteiger partial charge in [-0.25, -0.2) is 0 Å². The predicted octanol–water partition coefficient (Wildman–Crippen LogP) is 0.225. The summed E-state index contributed by atoms with van der Waals surface area (Å²) in [4.78, 5) is 0. The van der Waals surface area contributed by atoms with E-state index in [2.05, 4.69) is 14.9 Å². The highest BCUT2D eigenvalue weighted by molar-refractivity contribution is 7.90. The van der Waals surface area contributed by atoms with Gasteiger partial charge >= 0.3 is 10.2 Å². The molecule has 1 atom stereocenters. The molecule has 0 bridgehead atoms. The minimum Gasteiger partial charge on any atom is -0.384 e. The molecule has 2 heterocycles. The largest absolute Gasteiger partial charge is 0.384 e. The lowest BCUT2D eigenvalue weighted by Gasteiger charge is -2.32. The molecular weight excluding hydrogens is 268 g/mol. The molecule has 1 aromatic heterocycles. The number of nitrogens with one attached hydrogen (secondary N) is 3. The second-order valence-corrected chi connectivity index (χ2v) is 6.26. The lowest BCUT2D eigenvalue weighted by atomic mass is 10.1. The summed E-state index contributed by atoms with van der Waals surface area (Å²) in [6, 6.07) is -0.0325. The van der Waals surface area contributed by atoms with E-state index in [9.17, 15) is 8.42 Å². The van der Waals surface area contributed by atoms with Gasteiger partial charge in [-0.05, 0) is 19.8 Å². The third-order valence-corrected chi connectivity index (χ3v) is 4.83. The number of aromatic nitrogens is 2. The average molecular weight is 286 g/mol. The van der Waals surface area contributed by atoms with Crippen molar-refractivity contribution in [1.29, 1.82) is 5.41 Å². The van der Waals surface area contributed by atoms with Gasteiger partial charge in [-0.1, -0.05) is 6.42 Å². The summed E-state index contributed by atoms with van der Waals surface area (Å²) in [5, 5.41) is 13.6. The molecular formula is C10H18N6O2S. The molecule has 0 saturated carbocycles. The lowest BCUT2D eigenvalue weighted by molar-refractivity contribution is 0.270. The minimum absolute atomic E-state index is 0.0325. The van der Waals surface area contributed by atoms with Crippen LogP contribution in [0.25, 0.3) is 0 Å². The monoisotopic (exact) mass is 286 g/mol. The van der Waals surface area contributed by atoms with Crippen LogP contribution < -0.4 is 10.5 Å². The van der Waals surface area contributed by atoms with Crippen molar-refractivity contribution in [3.8, 4) is 0 Å². The number of nitrogens with zero attached hydrogens (tertiary/aromatic N) is 2. The van der Waals surface area contributed by atoms with E-state index in [1.165, 1.54) is 10.5 Å². The maximum atomic E-state index is 12.3. The van der Waals surface area contributed by atoms with Crippen molar-refractivity contribution in [3.63, 3.8) is 0 Å². The Morgan fingerprint density at radius 1 is 1.63 bits per heavy atom. The van der Waals surface area contributed by atoms with Crippen LogP contribution in [-0.2, 0) is 10.2 Å². The molecule has 1 aliphatic rings. The molecule has 5 N–H and O–H groups in total. The van der Waals surface area contributed by atoms with Crippen molar-refractivity contribution < 1.29 is 8.42 Å². The molecule has 1 aliphatic heterocycles. The van der Waals surface area contributed by atoms with Gasteiger partial charge in [0.15, 0.2) is 0 Å². The van der Waals surface area contributed by atoms with Crippen LogP contribution in [0.5, 0.6) is 0 Å². The second-order valence-electron chi connectivity index (χ2n) is 4.63. The zero-order valence-corrected chi connectivity index (χ0v) is 11.5. The number of anilines is 1. The first-order valence-corrected chi connectivity index (χ1v) is 7.53. The summed E-state index contributed by atoms with van der Waals surface area (Å²) in [6.07, 6.45) is 4.06. The summed E-state index contributed by atoms with van der Waals surface area (Å²) in [5.41, 5.74) is 5.60. The van der Waals surface area contributed by atoms with Crippen LogP contribution in [-0.4, -0.2) is 41.3 Å². The molecule has 1 saturated heterocycles. The number of hydrogen-bond donors (Lipinski definition) is 4. The standard InChI is InChI=1S/C10H18N6O2S/c1-7-4-2-3-5-16(7)19(17,18)15-10-8(9(11)12)6-13-14-10/h6-7H,2-5H2,1H3,(H3,11,12)(H2,13,14,15). The van der Waals surface area contributed by atoms with Crippen LogP contribution in [0.4, 0.5) is 5.82 Å². The van der Waals surface area contributed by atoms with Gasteiger partial charge < -0.3 is 5.73 Å². The Labute approximate surface area is 112 Å². The Morgan fingerprint density at radius 3 is 3.00 bits per heavy atom. The van der Waals surface area contributed by atoms with Crippen molar-refractivity contribution in [3.05, 3.63) is 11.8 Å². The Kier molecular flexibility index (Phi) is 3.76. The normalized spacial score (nSPS) is 21.2. The lowest BCUT2D eigenvalue weighted by Crippen LogP contribution is -2.45. The number of nitrogen functional groups attached to an aromatic ring is 1. The number of amidine groups is 1. The molecule has 0 amide bonds. The van der Waals surface area contributed by atoms with Crippen LogP contribution in [0.3, 0.4) is 0 Å². The van der Waals surface area contributed by atoms with Gasteiger partial charge in [0.1, 0.15) is 11.7 Å². The van der Waals surface area contributed by atoms with Gasteiger partial charge in [0.25, 0.3) is 0 Å². The van der Waals surface area contributed by atoms with E-state index in [0.717, 1.165) is 19.3 Å². The van der Waals surface area contributed by atoms with Crippen molar-refractivity contribution in [2.75, 3.05) is 11.3 Å². The maximum absolute atomic E-state index is 12.3. The number of rotatable bonds is 4. The minimum atomic E-state index is -3.65. The molecule has 2 rings (SSSR count). The van der Waals surface area contributed by atoms with Gasteiger partial charge in [0, 0.05) is 12.6 Å². The first kappa shape index (κ1) is 13.8.